The van der Waals surface area contributed by atoms with Gasteiger partial charge in [-0.25, -0.2) is 0 Å². The van der Waals surface area contributed by atoms with Crippen molar-refractivity contribution in [2.24, 2.45) is 0 Å². The maximum Gasteiger partial charge on any atom is 0.134 e. The number of furan rings is 1. The lowest BCUT2D eigenvalue weighted by Gasteiger charge is -2.07. The van der Waals surface area contributed by atoms with Gasteiger partial charge in [0.05, 0.1) is 11.6 Å². The van der Waals surface area contributed by atoms with Crippen molar-refractivity contribution >= 4 is 15.9 Å². The number of halogens is 1. The molecule has 0 saturated heterocycles. The molecular weight excluding hydrogens is 306 g/mol. The van der Waals surface area contributed by atoms with Gasteiger partial charge in [-0.3, -0.25) is 0 Å². The Balaban J connectivity index is 2.22. The summed E-state index contributed by atoms with van der Waals surface area (Å²) in [7, 11) is 3.61. The molecule has 3 nitrogen and oxygen atoms in total. The SMILES string of the molecule is CNC(C)Cc1ccc(-c2ccc(Br)c(OC)c2)o1. The average Bonchev–Trinajstić information content (AvgIpc) is 2.87. The third-order valence-corrected chi connectivity index (χ3v) is 3.75. The monoisotopic (exact) mass is 323 g/mol. The van der Waals surface area contributed by atoms with E-state index in [0.29, 0.717) is 6.04 Å². The third-order valence-electron chi connectivity index (χ3n) is 3.10. The largest absolute Gasteiger partial charge is 0.496 e. The summed E-state index contributed by atoms with van der Waals surface area (Å²) in [6.07, 6.45) is 0.879. The molecule has 102 valence electrons. The van der Waals surface area contributed by atoms with Crippen molar-refractivity contribution in [2.45, 2.75) is 19.4 Å². The zero-order valence-electron chi connectivity index (χ0n) is 11.4. The second-order valence-corrected chi connectivity index (χ2v) is 5.36. The molecule has 0 aliphatic heterocycles. The molecule has 4 heteroatoms. The molecule has 1 N–H and O–H groups in total. The van der Waals surface area contributed by atoms with Crippen LogP contribution in [0.3, 0.4) is 0 Å². The van der Waals surface area contributed by atoms with Crippen molar-refractivity contribution in [3.8, 4) is 17.1 Å². The van der Waals surface area contributed by atoms with Gasteiger partial charge in [-0.05, 0) is 60.2 Å². The van der Waals surface area contributed by atoms with Crippen molar-refractivity contribution in [2.75, 3.05) is 14.2 Å². The van der Waals surface area contributed by atoms with Crippen LogP contribution in [0.15, 0.2) is 39.2 Å². The molecule has 0 spiro atoms. The summed E-state index contributed by atoms with van der Waals surface area (Å²) in [6, 6.07) is 10.4. The molecule has 0 aliphatic rings. The predicted molar refractivity (Wildman–Crippen MR) is 80.6 cm³/mol. The fourth-order valence-corrected chi connectivity index (χ4v) is 2.27. The molecule has 0 bridgehead atoms. The summed E-state index contributed by atoms with van der Waals surface area (Å²) in [5.41, 5.74) is 1.02. The van der Waals surface area contributed by atoms with Crippen LogP contribution >= 0.6 is 15.9 Å². The average molecular weight is 324 g/mol. The van der Waals surface area contributed by atoms with Crippen molar-refractivity contribution in [1.82, 2.24) is 5.32 Å². The minimum atomic E-state index is 0.401. The highest BCUT2D eigenvalue weighted by molar-refractivity contribution is 9.10. The van der Waals surface area contributed by atoms with E-state index in [4.69, 9.17) is 9.15 Å². The van der Waals surface area contributed by atoms with Crippen LogP contribution in [-0.2, 0) is 6.42 Å². The Morgan fingerprint density at radius 2 is 2.11 bits per heavy atom. The maximum atomic E-state index is 5.87. The highest BCUT2D eigenvalue weighted by atomic mass is 79.9. The van der Waals surface area contributed by atoms with E-state index in [0.717, 1.165) is 33.7 Å². The number of hydrogen-bond donors (Lipinski definition) is 1. The van der Waals surface area contributed by atoms with Gasteiger partial charge >= 0.3 is 0 Å². The molecule has 0 saturated carbocycles. The smallest absolute Gasteiger partial charge is 0.134 e. The van der Waals surface area contributed by atoms with Crippen molar-refractivity contribution in [3.63, 3.8) is 0 Å². The number of ether oxygens (including phenoxy) is 1. The molecule has 1 heterocycles. The normalized spacial score (nSPS) is 12.4. The Morgan fingerprint density at radius 1 is 1.32 bits per heavy atom. The summed E-state index contributed by atoms with van der Waals surface area (Å²) < 4.78 is 12.1. The fraction of sp³-hybridized carbons (Fsp3) is 0.333. The van der Waals surface area contributed by atoms with Crippen LogP contribution < -0.4 is 10.1 Å². The Labute approximate surface area is 122 Å². The second-order valence-electron chi connectivity index (χ2n) is 4.51. The molecule has 1 unspecified atom stereocenters. The van der Waals surface area contributed by atoms with Gasteiger partial charge in [0.1, 0.15) is 17.3 Å². The van der Waals surface area contributed by atoms with E-state index in [-0.39, 0.29) is 0 Å². The quantitative estimate of drug-likeness (QED) is 0.907. The van der Waals surface area contributed by atoms with E-state index in [1.54, 1.807) is 7.11 Å². The first-order valence-corrected chi connectivity index (χ1v) is 7.03. The van der Waals surface area contributed by atoms with Crippen LogP contribution in [0.1, 0.15) is 12.7 Å². The van der Waals surface area contributed by atoms with Gasteiger partial charge in [-0.15, -0.1) is 0 Å². The molecule has 19 heavy (non-hydrogen) atoms. The topological polar surface area (TPSA) is 34.4 Å². The van der Waals surface area contributed by atoms with Crippen LogP contribution in [0.5, 0.6) is 5.75 Å². The Morgan fingerprint density at radius 3 is 2.79 bits per heavy atom. The van der Waals surface area contributed by atoms with E-state index in [1.165, 1.54) is 0 Å². The van der Waals surface area contributed by atoms with Crippen LogP contribution in [0, 0.1) is 0 Å². The summed E-state index contributed by atoms with van der Waals surface area (Å²) in [4.78, 5) is 0. The number of likely N-dealkylation sites (N-methyl/N-ethyl adjacent to an activating group) is 1. The number of nitrogens with one attached hydrogen (secondary N) is 1. The number of hydrogen-bond acceptors (Lipinski definition) is 3. The number of rotatable bonds is 5. The summed E-state index contributed by atoms with van der Waals surface area (Å²) in [5.74, 6) is 2.65. The molecule has 0 aliphatic carbocycles. The Bertz CT molecular complexity index is 551. The van der Waals surface area contributed by atoms with Gasteiger partial charge in [0.15, 0.2) is 0 Å². The molecule has 1 aromatic carbocycles. The highest BCUT2D eigenvalue weighted by Crippen LogP contribution is 2.31. The standard InChI is InChI=1S/C15H18BrNO2/c1-10(17-2)8-12-5-7-14(19-12)11-4-6-13(16)15(9-11)18-3/h4-7,9-10,17H,8H2,1-3H3. The van der Waals surface area contributed by atoms with Gasteiger partial charge in [0, 0.05) is 18.0 Å². The first-order chi connectivity index (χ1) is 9.13. The maximum absolute atomic E-state index is 5.87. The van der Waals surface area contributed by atoms with E-state index in [9.17, 15) is 0 Å². The summed E-state index contributed by atoms with van der Waals surface area (Å²) in [5, 5.41) is 3.20. The molecule has 0 radical (unpaired) electrons. The van der Waals surface area contributed by atoms with E-state index < -0.39 is 0 Å². The van der Waals surface area contributed by atoms with Gasteiger partial charge in [-0.1, -0.05) is 0 Å². The van der Waals surface area contributed by atoms with Crippen molar-refractivity contribution in [3.05, 3.63) is 40.6 Å². The van der Waals surface area contributed by atoms with Crippen LogP contribution in [0.4, 0.5) is 0 Å². The molecule has 1 aromatic heterocycles. The number of methoxy groups -OCH3 is 1. The zero-order chi connectivity index (χ0) is 13.8. The second kappa shape index (κ2) is 6.26. The van der Waals surface area contributed by atoms with Crippen LogP contribution in [-0.4, -0.2) is 20.2 Å². The van der Waals surface area contributed by atoms with Crippen molar-refractivity contribution in [1.29, 1.82) is 0 Å². The van der Waals surface area contributed by atoms with Crippen molar-refractivity contribution < 1.29 is 9.15 Å². The third kappa shape index (κ3) is 3.39. The minimum absolute atomic E-state index is 0.401. The van der Waals surface area contributed by atoms with Crippen LogP contribution in [0.2, 0.25) is 0 Å². The minimum Gasteiger partial charge on any atom is -0.496 e. The predicted octanol–water partition coefficient (Wildman–Crippen LogP) is 3.87. The van der Waals surface area contributed by atoms with Gasteiger partial charge < -0.3 is 14.5 Å². The molecule has 1 atom stereocenters. The molecule has 0 amide bonds. The van der Waals surface area contributed by atoms with E-state index in [2.05, 4.69) is 28.2 Å². The number of benzene rings is 1. The van der Waals surface area contributed by atoms with E-state index in [1.807, 2.05) is 37.4 Å². The van der Waals surface area contributed by atoms with Gasteiger partial charge in [-0.2, -0.15) is 0 Å². The lowest BCUT2D eigenvalue weighted by Crippen LogP contribution is -2.23. The zero-order valence-corrected chi connectivity index (χ0v) is 13.0. The first-order valence-electron chi connectivity index (χ1n) is 6.24. The first kappa shape index (κ1) is 14.2. The lowest BCUT2D eigenvalue weighted by molar-refractivity contribution is 0.412. The van der Waals surface area contributed by atoms with Gasteiger partial charge in [0.25, 0.3) is 0 Å². The molecule has 0 fully saturated rings. The molecule has 2 aromatic rings. The lowest BCUT2D eigenvalue weighted by atomic mass is 10.1. The highest BCUT2D eigenvalue weighted by Gasteiger charge is 2.09. The summed E-state index contributed by atoms with van der Waals surface area (Å²) >= 11 is 3.45. The summed E-state index contributed by atoms with van der Waals surface area (Å²) in [6.45, 7) is 2.13. The Kier molecular flexibility index (Phi) is 4.66. The Hall–Kier alpha value is -1.26. The van der Waals surface area contributed by atoms with Gasteiger partial charge in [0.2, 0.25) is 0 Å². The fourth-order valence-electron chi connectivity index (χ4n) is 1.86. The van der Waals surface area contributed by atoms with E-state index >= 15 is 0 Å². The van der Waals surface area contributed by atoms with Crippen LogP contribution in [0.25, 0.3) is 11.3 Å². The molecule has 2 rings (SSSR count). The molecular formula is C15H18BrNO2.